The lowest BCUT2D eigenvalue weighted by Gasteiger charge is -2.37. The maximum absolute atomic E-state index is 14.5. The van der Waals surface area contributed by atoms with E-state index >= 15 is 0 Å². The molecule has 2 aliphatic heterocycles. The van der Waals surface area contributed by atoms with Crippen molar-refractivity contribution in [3.05, 3.63) is 59.3 Å². The molecule has 9 heteroatoms. The first-order valence-corrected chi connectivity index (χ1v) is 12.2. The van der Waals surface area contributed by atoms with Crippen molar-refractivity contribution in [2.75, 3.05) is 31.5 Å². The lowest BCUT2D eigenvalue weighted by Crippen LogP contribution is -2.52. The number of fused-ring (bicyclic) bond motifs is 1. The molecule has 2 aromatic rings. The average molecular weight is 487 g/mol. The van der Waals surface area contributed by atoms with Crippen LogP contribution in [0.3, 0.4) is 0 Å². The van der Waals surface area contributed by atoms with E-state index in [2.05, 4.69) is 21.7 Å². The molecule has 1 fully saturated rings. The average Bonchev–Trinajstić information content (AvgIpc) is 2.83. The summed E-state index contributed by atoms with van der Waals surface area (Å²) < 4.78 is 29.1. The fraction of sp³-hybridized carbons (Fsp3) is 0.500. The third-order valence-corrected chi connectivity index (χ3v) is 6.61. The first-order valence-electron chi connectivity index (χ1n) is 12.2. The molecular weight excluding hydrogens is 454 g/mol. The van der Waals surface area contributed by atoms with Crippen molar-refractivity contribution in [3.8, 4) is 0 Å². The third-order valence-electron chi connectivity index (χ3n) is 6.61. The number of anilines is 1. The molecule has 1 amide bonds. The number of hydrogen-bond donors (Lipinski definition) is 3. The number of pyridine rings is 1. The Morgan fingerprint density at radius 1 is 1.23 bits per heavy atom. The molecule has 0 saturated carbocycles. The van der Waals surface area contributed by atoms with Crippen LogP contribution in [0.4, 0.5) is 14.6 Å². The first kappa shape index (κ1) is 25.0. The van der Waals surface area contributed by atoms with Crippen molar-refractivity contribution in [2.24, 2.45) is 5.92 Å². The molecule has 3 heterocycles. The molecule has 188 valence electrons. The van der Waals surface area contributed by atoms with Crippen LogP contribution in [0.15, 0.2) is 42.5 Å². The normalized spacial score (nSPS) is 20.3. The number of aliphatic carboxylic acids is 1. The lowest BCUT2D eigenvalue weighted by atomic mass is 9.93. The molecule has 4 rings (SSSR count). The molecule has 1 aromatic heterocycles. The fourth-order valence-corrected chi connectivity index (χ4v) is 4.93. The van der Waals surface area contributed by atoms with Crippen LogP contribution in [0.25, 0.3) is 0 Å². The predicted molar refractivity (Wildman–Crippen MR) is 128 cm³/mol. The van der Waals surface area contributed by atoms with Crippen molar-refractivity contribution in [1.82, 2.24) is 15.2 Å². The highest BCUT2D eigenvalue weighted by molar-refractivity contribution is 5.80. The molecule has 1 aromatic carbocycles. The number of piperidine rings is 1. The van der Waals surface area contributed by atoms with E-state index in [0.29, 0.717) is 24.9 Å². The van der Waals surface area contributed by atoms with E-state index in [9.17, 15) is 23.5 Å². The van der Waals surface area contributed by atoms with Crippen LogP contribution >= 0.6 is 0 Å². The number of carboxylic acids is 1. The van der Waals surface area contributed by atoms with Gasteiger partial charge in [0.25, 0.3) is 5.92 Å². The second kappa shape index (κ2) is 11.1. The maximum Gasteiger partial charge on any atom is 0.305 e. The summed E-state index contributed by atoms with van der Waals surface area (Å²) in [5.74, 6) is -4.58. The quantitative estimate of drug-likeness (QED) is 0.501. The second-order valence-corrected chi connectivity index (χ2v) is 9.51. The minimum atomic E-state index is -2.98. The van der Waals surface area contributed by atoms with Crippen molar-refractivity contribution >= 4 is 17.7 Å². The van der Waals surface area contributed by atoms with E-state index in [1.807, 2.05) is 6.07 Å². The van der Waals surface area contributed by atoms with E-state index in [0.717, 1.165) is 30.9 Å². The molecular formula is C26H32F2N4O3. The van der Waals surface area contributed by atoms with E-state index in [1.54, 1.807) is 35.2 Å². The number of likely N-dealkylation sites (tertiary alicyclic amines) is 1. The summed E-state index contributed by atoms with van der Waals surface area (Å²) >= 11 is 0. The van der Waals surface area contributed by atoms with Crippen LogP contribution in [-0.2, 0) is 22.4 Å². The lowest BCUT2D eigenvalue weighted by molar-refractivity contribution is -0.140. The number of aromatic nitrogens is 1. The zero-order chi connectivity index (χ0) is 24.8. The van der Waals surface area contributed by atoms with Gasteiger partial charge in [-0.05, 0) is 49.4 Å². The summed E-state index contributed by atoms with van der Waals surface area (Å²) in [5, 5.41) is 15.3. The number of carboxylic acid groups (broad SMARTS) is 1. The highest BCUT2D eigenvalue weighted by Gasteiger charge is 2.43. The number of amides is 1. The molecule has 0 radical (unpaired) electrons. The number of aryl methyl sites for hydroxylation is 2. The molecule has 3 N–H and O–H groups in total. The number of hydrogen-bond acceptors (Lipinski definition) is 5. The minimum absolute atomic E-state index is 0.217. The zero-order valence-corrected chi connectivity index (χ0v) is 19.7. The van der Waals surface area contributed by atoms with Gasteiger partial charge in [-0.15, -0.1) is 0 Å². The number of benzene rings is 1. The van der Waals surface area contributed by atoms with Gasteiger partial charge in [0.2, 0.25) is 5.91 Å². The molecule has 1 unspecified atom stereocenters. The molecule has 35 heavy (non-hydrogen) atoms. The minimum Gasteiger partial charge on any atom is -0.481 e. The second-order valence-electron chi connectivity index (χ2n) is 9.51. The smallest absolute Gasteiger partial charge is 0.305 e. The van der Waals surface area contributed by atoms with Gasteiger partial charge in [0.15, 0.2) is 0 Å². The Morgan fingerprint density at radius 2 is 2.03 bits per heavy atom. The van der Waals surface area contributed by atoms with Gasteiger partial charge in [0, 0.05) is 25.2 Å². The van der Waals surface area contributed by atoms with E-state index in [1.165, 1.54) is 5.56 Å². The van der Waals surface area contributed by atoms with Crippen LogP contribution in [0, 0.1) is 5.92 Å². The summed E-state index contributed by atoms with van der Waals surface area (Å²) in [5.41, 5.74) is 2.77. The molecule has 0 bridgehead atoms. The highest BCUT2D eigenvalue weighted by atomic mass is 19.3. The van der Waals surface area contributed by atoms with Crippen LogP contribution in [0.5, 0.6) is 0 Å². The van der Waals surface area contributed by atoms with E-state index in [4.69, 9.17) is 0 Å². The monoisotopic (exact) mass is 486 g/mol. The van der Waals surface area contributed by atoms with Crippen molar-refractivity contribution in [3.63, 3.8) is 0 Å². The predicted octanol–water partition coefficient (Wildman–Crippen LogP) is 3.66. The van der Waals surface area contributed by atoms with Gasteiger partial charge < -0.3 is 15.7 Å². The Kier molecular flexibility index (Phi) is 7.95. The zero-order valence-electron chi connectivity index (χ0n) is 19.7. The maximum atomic E-state index is 14.5. The van der Waals surface area contributed by atoms with Crippen LogP contribution in [-0.4, -0.2) is 59.0 Å². The molecule has 0 spiro atoms. The van der Waals surface area contributed by atoms with Gasteiger partial charge in [-0.1, -0.05) is 36.4 Å². The van der Waals surface area contributed by atoms with Crippen LogP contribution < -0.4 is 10.6 Å². The Labute approximate surface area is 203 Å². The number of nitrogens with zero attached hydrogens (tertiary/aromatic N) is 2. The first-order chi connectivity index (χ1) is 16.8. The SMILES string of the molecule is O=C(O)C[C@H](NC(=O)C1CN(CCCc2ccc3c(n2)NCCC3)CC(F)(F)C1)c1ccccc1. The van der Waals surface area contributed by atoms with Crippen molar-refractivity contribution in [2.45, 2.75) is 50.5 Å². The third kappa shape index (κ3) is 6.97. The molecule has 2 aliphatic rings. The van der Waals surface area contributed by atoms with Crippen LogP contribution in [0.2, 0.25) is 0 Å². The number of halogens is 2. The molecule has 7 nitrogen and oxygen atoms in total. The van der Waals surface area contributed by atoms with Gasteiger partial charge in [0.1, 0.15) is 5.82 Å². The molecule has 0 aliphatic carbocycles. The highest BCUT2D eigenvalue weighted by Crippen LogP contribution is 2.31. The Balaban J connectivity index is 1.35. The fourth-order valence-electron chi connectivity index (χ4n) is 4.93. The van der Waals surface area contributed by atoms with Gasteiger partial charge in [-0.3, -0.25) is 14.5 Å². The number of carbonyl (C=O) groups is 2. The van der Waals surface area contributed by atoms with Gasteiger partial charge in [-0.2, -0.15) is 0 Å². The molecule has 1 saturated heterocycles. The number of alkyl halides is 2. The Bertz CT molecular complexity index is 1030. The molecule has 2 atom stereocenters. The van der Waals surface area contributed by atoms with Crippen LogP contribution in [0.1, 0.15) is 48.5 Å². The Hall–Kier alpha value is -3.07. The summed E-state index contributed by atoms with van der Waals surface area (Å²) in [6, 6.07) is 12.0. The number of carbonyl (C=O) groups excluding carboxylic acids is 1. The summed E-state index contributed by atoms with van der Waals surface area (Å²) in [6.45, 7) is 1.18. The summed E-state index contributed by atoms with van der Waals surface area (Å²) in [4.78, 5) is 30.6. The van der Waals surface area contributed by atoms with Crippen molar-refractivity contribution in [1.29, 1.82) is 0 Å². The topological polar surface area (TPSA) is 94.6 Å². The number of nitrogens with one attached hydrogen (secondary N) is 2. The largest absolute Gasteiger partial charge is 0.481 e. The van der Waals surface area contributed by atoms with Gasteiger partial charge in [-0.25, -0.2) is 13.8 Å². The van der Waals surface area contributed by atoms with Gasteiger partial charge >= 0.3 is 5.97 Å². The van der Waals surface area contributed by atoms with Crippen molar-refractivity contribution < 1.29 is 23.5 Å². The van der Waals surface area contributed by atoms with E-state index < -0.39 is 36.2 Å². The van der Waals surface area contributed by atoms with Gasteiger partial charge in [0.05, 0.1) is 24.9 Å². The summed E-state index contributed by atoms with van der Waals surface area (Å²) in [6.07, 6.45) is 2.57. The Morgan fingerprint density at radius 3 is 2.80 bits per heavy atom. The number of rotatable bonds is 9. The standard InChI is InChI=1S/C26H32F2N4O3/c27-26(28)15-20(25(35)31-22(14-23(33)34)18-6-2-1-3-7-18)16-32(17-26)13-5-9-21-11-10-19-8-4-12-29-24(19)30-21/h1-3,6-7,10-11,20,22H,4-5,8-9,12-17H2,(H,29,30)(H,31,35)(H,33,34)/t20?,22-/m0/s1. The van der Waals surface area contributed by atoms with E-state index in [-0.39, 0.29) is 19.5 Å². The summed E-state index contributed by atoms with van der Waals surface area (Å²) in [7, 11) is 0.